The Morgan fingerprint density at radius 2 is 0.600 bits per heavy atom. The van der Waals surface area contributed by atoms with Crippen LogP contribution in [0.1, 0.15) is 515 Å². The van der Waals surface area contributed by atoms with Gasteiger partial charge in [-0.05, 0) is 171 Å². The van der Waals surface area contributed by atoms with E-state index in [1.54, 1.807) is 24.0 Å². The highest BCUT2D eigenvalue weighted by Gasteiger charge is 2.38. The van der Waals surface area contributed by atoms with Gasteiger partial charge in [0, 0.05) is 57.6 Å². The SMILES string of the molecule is C.CC1=C(/C=C/C(C)=C/C=C/C(C)=C/C(=O)O)C(C)(C)CCC1.CCCCCCCCCCCCCC(=O)OCCN(CCOC(=O)CCCCCCCCCCCCC)C(=O)CCCCCCC(=O)/C=C(C)/C=C/C=C(C)/C=C/C1=C(C)CCCC1(C)C.CCCCCCCCCCCCCC(=O)OCCN(CCOC(=O)CCCCCCCCCCCCC)C(=O)CCCCCNC(=O)C(F)(F)F. The second-order valence-corrected chi connectivity index (χ2v) is 40.9. The van der Waals surface area contributed by atoms with Crippen molar-refractivity contribution in [1.82, 2.24) is 15.1 Å². The number of alkyl halides is 3. The number of carbonyl (C=O) groups is 9. The highest BCUT2D eigenvalue weighted by atomic mass is 19.4. The first-order chi connectivity index (χ1) is 66.7. The van der Waals surface area contributed by atoms with Crippen molar-refractivity contribution in [1.29, 1.82) is 0 Å². The van der Waals surface area contributed by atoms with Crippen molar-refractivity contribution in [3.05, 3.63) is 117 Å². The van der Waals surface area contributed by atoms with E-state index in [-0.39, 0.29) is 125 Å². The highest BCUT2D eigenvalue weighted by Crippen LogP contribution is 2.42. The first-order valence-corrected chi connectivity index (χ1v) is 55.8. The van der Waals surface area contributed by atoms with Crippen LogP contribution in [0.3, 0.4) is 0 Å². The van der Waals surface area contributed by atoms with Crippen LogP contribution in [0, 0.1) is 10.8 Å². The fraction of sp³-hybridized carbons (Fsp3) is 0.758. The van der Waals surface area contributed by atoms with Gasteiger partial charge in [-0.15, -0.1) is 0 Å². The average molecular weight is 1970 g/mol. The van der Waals surface area contributed by atoms with Gasteiger partial charge in [-0.2, -0.15) is 13.2 Å². The molecular formula is C120H206F3N3O14. The number of ether oxygens (including phenoxy) is 4. The zero-order valence-corrected chi connectivity index (χ0v) is 90.8. The lowest BCUT2D eigenvalue weighted by molar-refractivity contribution is -0.173. The maximum Gasteiger partial charge on any atom is 0.471 e. The minimum absolute atomic E-state index is 0. The fourth-order valence-electron chi connectivity index (χ4n) is 17.8. The lowest BCUT2D eigenvalue weighted by Crippen LogP contribution is -2.37. The number of carbonyl (C=O) groups excluding carboxylic acids is 8. The maximum atomic E-state index is 13.4. The van der Waals surface area contributed by atoms with E-state index in [4.69, 9.17) is 24.1 Å². The molecule has 0 bridgehead atoms. The minimum Gasteiger partial charge on any atom is -0.478 e. The van der Waals surface area contributed by atoms with Crippen LogP contribution < -0.4 is 5.32 Å². The second-order valence-electron chi connectivity index (χ2n) is 40.9. The van der Waals surface area contributed by atoms with Gasteiger partial charge >= 0.3 is 41.9 Å². The molecule has 2 N–H and O–H groups in total. The molecular weight excluding hydrogens is 1760 g/mol. The van der Waals surface area contributed by atoms with Crippen LogP contribution in [0.4, 0.5) is 13.2 Å². The number of aliphatic carboxylic acids is 1. The topological polar surface area (TPSA) is 229 Å². The number of rotatable bonds is 83. The van der Waals surface area contributed by atoms with Crippen molar-refractivity contribution in [3.63, 3.8) is 0 Å². The molecule has 0 aromatic carbocycles. The van der Waals surface area contributed by atoms with Crippen LogP contribution in [0.2, 0.25) is 0 Å². The molecule has 806 valence electrons. The maximum absolute atomic E-state index is 13.4. The molecule has 0 heterocycles. The van der Waals surface area contributed by atoms with E-state index >= 15 is 0 Å². The molecule has 0 spiro atoms. The molecule has 0 aromatic rings. The summed E-state index contributed by atoms with van der Waals surface area (Å²) in [4.78, 5) is 113. The number of hydrogen-bond acceptors (Lipinski definition) is 13. The number of halogens is 3. The van der Waals surface area contributed by atoms with Gasteiger partial charge in [0.1, 0.15) is 26.4 Å². The van der Waals surface area contributed by atoms with E-state index in [0.717, 1.165) is 113 Å². The molecule has 0 saturated carbocycles. The summed E-state index contributed by atoms with van der Waals surface area (Å²) in [5, 5.41) is 10.5. The summed E-state index contributed by atoms with van der Waals surface area (Å²) in [6.07, 6.45) is 86.2. The number of carboxylic acids is 1. The van der Waals surface area contributed by atoms with Gasteiger partial charge in [0.05, 0.1) is 26.2 Å². The van der Waals surface area contributed by atoms with E-state index in [2.05, 4.69) is 113 Å². The lowest BCUT2D eigenvalue weighted by Gasteiger charge is -2.33. The van der Waals surface area contributed by atoms with Crippen LogP contribution in [0.15, 0.2) is 117 Å². The zero-order chi connectivity index (χ0) is 103. The van der Waals surface area contributed by atoms with Crippen LogP contribution in [-0.2, 0) is 62.1 Å². The Balaban J connectivity index is 0. The molecule has 3 amide bonds. The van der Waals surface area contributed by atoms with Crippen LogP contribution in [0.5, 0.6) is 0 Å². The third-order valence-electron chi connectivity index (χ3n) is 26.6. The average Bonchev–Trinajstić information content (AvgIpc) is 0.824. The molecule has 0 fully saturated rings. The molecule has 0 atom stereocenters. The smallest absolute Gasteiger partial charge is 0.471 e. The normalized spacial score (nSPS) is 14.1. The van der Waals surface area contributed by atoms with Crippen LogP contribution in [0.25, 0.3) is 0 Å². The number of amides is 3. The quantitative estimate of drug-likeness (QED) is 0.0190. The summed E-state index contributed by atoms with van der Waals surface area (Å²) in [7, 11) is 0. The number of carboxylic acid groups (broad SMARTS) is 1. The fourth-order valence-corrected chi connectivity index (χ4v) is 17.8. The minimum atomic E-state index is -4.91. The number of nitrogens with one attached hydrogen (secondary N) is 1. The van der Waals surface area contributed by atoms with Gasteiger partial charge < -0.3 is 39.2 Å². The summed E-state index contributed by atoms with van der Waals surface area (Å²) < 4.78 is 58.9. The van der Waals surface area contributed by atoms with Gasteiger partial charge in [0.2, 0.25) is 11.8 Å². The van der Waals surface area contributed by atoms with Crippen molar-refractivity contribution in [2.24, 2.45) is 10.8 Å². The molecule has 20 heteroatoms. The summed E-state index contributed by atoms with van der Waals surface area (Å²) >= 11 is 0. The number of hydrogen-bond donors (Lipinski definition) is 2. The predicted octanol–water partition coefficient (Wildman–Crippen LogP) is 33.5. The van der Waals surface area contributed by atoms with E-state index in [1.165, 1.54) is 283 Å². The van der Waals surface area contributed by atoms with E-state index in [9.17, 15) is 56.3 Å². The molecule has 0 unspecified atom stereocenters. The monoisotopic (exact) mass is 1970 g/mol. The third-order valence-corrected chi connectivity index (χ3v) is 26.6. The zero-order valence-electron chi connectivity index (χ0n) is 90.8. The van der Waals surface area contributed by atoms with Crippen molar-refractivity contribution in [2.45, 2.75) is 521 Å². The first kappa shape index (κ1) is 135. The number of nitrogens with zero attached hydrogens (tertiary/aromatic N) is 2. The van der Waals surface area contributed by atoms with Crippen molar-refractivity contribution < 1.29 is 80.4 Å². The Morgan fingerprint density at radius 3 is 0.864 bits per heavy atom. The molecule has 2 rings (SSSR count). The van der Waals surface area contributed by atoms with E-state index in [0.29, 0.717) is 64.2 Å². The van der Waals surface area contributed by atoms with Crippen LogP contribution >= 0.6 is 0 Å². The first-order valence-electron chi connectivity index (χ1n) is 55.8. The molecule has 0 saturated heterocycles. The van der Waals surface area contributed by atoms with Crippen molar-refractivity contribution in [2.75, 3.05) is 59.2 Å². The third kappa shape index (κ3) is 81.0. The highest BCUT2D eigenvalue weighted by molar-refractivity contribution is 5.90. The molecule has 0 aliphatic heterocycles. The Hall–Kier alpha value is -7.38. The van der Waals surface area contributed by atoms with E-state index in [1.807, 2.05) is 36.5 Å². The predicted molar refractivity (Wildman–Crippen MR) is 578 cm³/mol. The molecule has 2 aliphatic rings. The van der Waals surface area contributed by atoms with Crippen molar-refractivity contribution >= 4 is 53.4 Å². The number of esters is 4. The van der Waals surface area contributed by atoms with E-state index < -0.39 is 18.1 Å². The summed E-state index contributed by atoms with van der Waals surface area (Å²) in [5.41, 5.74) is 10.4. The Bertz CT molecular complexity index is 3520. The largest absolute Gasteiger partial charge is 0.478 e. The Labute approximate surface area is 853 Å². The van der Waals surface area contributed by atoms with Crippen LogP contribution in [-0.4, -0.2) is 134 Å². The number of ketones is 1. The molecule has 0 aromatic heterocycles. The van der Waals surface area contributed by atoms with Crippen molar-refractivity contribution in [3.8, 4) is 0 Å². The summed E-state index contributed by atoms with van der Waals surface area (Å²) in [5.74, 6) is -4.01. The number of unbranched alkanes of at least 4 members (excludes halogenated alkanes) is 45. The number of allylic oxidation sites excluding steroid dienone is 19. The van der Waals surface area contributed by atoms with Gasteiger partial charge in [0.15, 0.2) is 5.78 Å². The molecule has 0 radical (unpaired) electrons. The molecule has 140 heavy (non-hydrogen) atoms. The van der Waals surface area contributed by atoms with Gasteiger partial charge in [0.25, 0.3) is 0 Å². The lowest BCUT2D eigenvalue weighted by atomic mass is 9.72. The van der Waals surface area contributed by atoms with Gasteiger partial charge in [-0.1, -0.05) is 422 Å². The summed E-state index contributed by atoms with van der Waals surface area (Å²) in [6.45, 7) is 31.8. The van der Waals surface area contributed by atoms with Gasteiger partial charge in [-0.25, -0.2) is 4.79 Å². The molecule has 17 nitrogen and oxygen atoms in total. The Morgan fingerprint density at radius 1 is 0.350 bits per heavy atom. The summed E-state index contributed by atoms with van der Waals surface area (Å²) in [6, 6.07) is 0. The standard InChI is InChI=1S/C59H101NO6.C40H73F3N2O6.C20H28O2.CH4/c1-8-10-12-14-16-18-20-22-24-26-32-41-57(63)65-48-46-60(47-49-66-58(64)42-33-27-25-23-21-19-17-15-13-11-9-2)56(62)40-31-29-28-30-39-54(61)50-52(4)37-34-36-51(3)43-44-55-53(5)38-35-45-59(55,6)7;1-3-5-7-9-11-13-15-17-19-21-25-29-37(47)50-34-32-45(36(46)28-24-23-27-31-44-39(49)40(41,42)43)33-35-51-38(48)30-26-22-20-18-16-14-12-10-8-6-4-2;1-15(8-6-9-16(2)14-19(21)22)11-12-18-17(3)10-7-13-20(18,4)5;/h34,36-37,43-44,50H,8-33,35,38-42,45-49H2,1-7H3;3-35H2,1-2H3,(H,44,49);6,8-9,11-12,14H,7,10,13H2,1-5H3,(H,21,22);1H4/b37-34+,44-43+,51-36+,52-50+;;9-6+,12-11+,15-8+,16-14+;. The Kier molecular flexibility index (Phi) is 86.9. The molecule has 2 aliphatic carbocycles. The van der Waals surface area contributed by atoms with Gasteiger partial charge in [-0.3, -0.25) is 38.4 Å². The second kappa shape index (κ2) is 90.4.